The molecular formula is C7H16N2O2. The molecule has 11 heavy (non-hydrogen) atoms. The smallest absolute Gasteiger partial charge is 0.231 e. The zero-order valence-electron chi connectivity index (χ0n) is 6.84. The highest BCUT2D eigenvalue weighted by Crippen LogP contribution is 1.94. The van der Waals surface area contributed by atoms with E-state index in [1.54, 1.807) is 0 Å². The van der Waals surface area contributed by atoms with Gasteiger partial charge in [-0.3, -0.25) is 4.79 Å². The van der Waals surface area contributed by atoms with E-state index in [1.807, 2.05) is 6.92 Å². The molecule has 0 aliphatic carbocycles. The fourth-order valence-electron chi connectivity index (χ4n) is 0.851. The number of rotatable bonds is 6. The van der Waals surface area contributed by atoms with E-state index in [1.165, 1.54) is 0 Å². The largest absolute Gasteiger partial charge is 0.396 e. The highest BCUT2D eigenvalue weighted by molar-refractivity contribution is 5.75. The first-order valence-corrected chi connectivity index (χ1v) is 3.83. The fraction of sp³-hybridized carbons (Fsp3) is 0.857. The fourth-order valence-corrected chi connectivity index (χ4v) is 0.851. The lowest BCUT2D eigenvalue weighted by Gasteiger charge is -2.13. The maximum absolute atomic E-state index is 10.3. The van der Waals surface area contributed by atoms with Crippen molar-refractivity contribution in [2.45, 2.75) is 25.8 Å². The minimum absolute atomic E-state index is 0.143. The predicted octanol–water partition coefficient (Wildman–Crippen LogP) is -0.778. The lowest BCUT2D eigenvalue weighted by atomic mass is 10.1. The van der Waals surface area contributed by atoms with E-state index in [-0.39, 0.29) is 25.1 Å². The van der Waals surface area contributed by atoms with Crippen LogP contribution in [0.25, 0.3) is 0 Å². The molecule has 4 nitrogen and oxygen atoms in total. The summed E-state index contributed by atoms with van der Waals surface area (Å²) in [4.78, 5) is 10.3. The van der Waals surface area contributed by atoms with Gasteiger partial charge >= 0.3 is 0 Å². The molecule has 0 aromatic rings. The SMILES string of the molecule is CCC(CCO)NCC(N)=O. The second-order valence-corrected chi connectivity index (χ2v) is 2.46. The molecule has 0 radical (unpaired) electrons. The van der Waals surface area contributed by atoms with Crippen LogP contribution in [0.5, 0.6) is 0 Å². The molecule has 4 N–H and O–H groups in total. The van der Waals surface area contributed by atoms with Gasteiger partial charge in [-0.1, -0.05) is 6.92 Å². The van der Waals surface area contributed by atoms with Gasteiger partial charge in [0.15, 0.2) is 0 Å². The molecule has 1 unspecified atom stereocenters. The molecule has 4 heteroatoms. The molecule has 0 fully saturated rings. The second kappa shape index (κ2) is 6.12. The van der Waals surface area contributed by atoms with Crippen molar-refractivity contribution in [2.75, 3.05) is 13.2 Å². The highest BCUT2D eigenvalue weighted by atomic mass is 16.3. The maximum atomic E-state index is 10.3. The molecule has 0 heterocycles. The predicted molar refractivity (Wildman–Crippen MR) is 43.0 cm³/mol. The van der Waals surface area contributed by atoms with Gasteiger partial charge in [-0.15, -0.1) is 0 Å². The number of hydrogen-bond acceptors (Lipinski definition) is 3. The van der Waals surface area contributed by atoms with E-state index in [4.69, 9.17) is 10.8 Å². The first kappa shape index (κ1) is 10.4. The van der Waals surface area contributed by atoms with Crippen molar-refractivity contribution in [2.24, 2.45) is 5.73 Å². The molecule has 0 aromatic heterocycles. The minimum Gasteiger partial charge on any atom is -0.396 e. The molecule has 1 amide bonds. The molecule has 0 saturated heterocycles. The quantitative estimate of drug-likeness (QED) is 0.477. The van der Waals surface area contributed by atoms with Gasteiger partial charge in [0.05, 0.1) is 6.54 Å². The van der Waals surface area contributed by atoms with Crippen LogP contribution >= 0.6 is 0 Å². The van der Waals surface area contributed by atoms with Gasteiger partial charge in [-0.05, 0) is 12.8 Å². The minimum atomic E-state index is -0.360. The zero-order valence-corrected chi connectivity index (χ0v) is 6.84. The lowest BCUT2D eigenvalue weighted by Crippen LogP contribution is -2.36. The number of hydrogen-bond donors (Lipinski definition) is 3. The van der Waals surface area contributed by atoms with E-state index >= 15 is 0 Å². The second-order valence-electron chi connectivity index (χ2n) is 2.46. The third kappa shape index (κ3) is 5.82. The van der Waals surface area contributed by atoms with Gasteiger partial charge in [0.2, 0.25) is 5.91 Å². The summed E-state index contributed by atoms with van der Waals surface area (Å²) in [6.07, 6.45) is 1.57. The summed E-state index contributed by atoms with van der Waals surface area (Å²) in [5.41, 5.74) is 4.93. The van der Waals surface area contributed by atoms with Crippen molar-refractivity contribution in [3.63, 3.8) is 0 Å². The molecule has 0 spiro atoms. The van der Waals surface area contributed by atoms with E-state index in [0.29, 0.717) is 6.42 Å². The van der Waals surface area contributed by atoms with E-state index in [2.05, 4.69) is 5.32 Å². The summed E-state index contributed by atoms with van der Waals surface area (Å²) in [5.74, 6) is -0.360. The van der Waals surface area contributed by atoms with Crippen LogP contribution in [0.4, 0.5) is 0 Å². The van der Waals surface area contributed by atoms with Gasteiger partial charge in [0, 0.05) is 12.6 Å². The van der Waals surface area contributed by atoms with Crippen molar-refractivity contribution >= 4 is 5.91 Å². The van der Waals surface area contributed by atoms with Gasteiger partial charge in [-0.2, -0.15) is 0 Å². The molecule has 0 saturated carbocycles. The molecule has 1 atom stereocenters. The third-order valence-corrected chi connectivity index (χ3v) is 1.54. The van der Waals surface area contributed by atoms with Gasteiger partial charge in [0.25, 0.3) is 0 Å². The Bertz CT molecular complexity index is 117. The Morgan fingerprint density at radius 1 is 1.73 bits per heavy atom. The molecule has 0 aromatic carbocycles. The number of nitrogens with two attached hydrogens (primary N) is 1. The summed E-state index contributed by atoms with van der Waals surface area (Å²) in [7, 11) is 0. The Balaban J connectivity index is 3.43. The summed E-state index contributed by atoms with van der Waals surface area (Å²) in [6, 6.07) is 0.201. The average molecular weight is 160 g/mol. The van der Waals surface area contributed by atoms with E-state index in [9.17, 15) is 4.79 Å². The number of aliphatic hydroxyl groups is 1. The number of primary amides is 1. The molecule has 0 aliphatic rings. The maximum Gasteiger partial charge on any atom is 0.231 e. The topological polar surface area (TPSA) is 75.3 Å². The molecule has 0 aliphatic heterocycles. The van der Waals surface area contributed by atoms with Crippen LogP contribution in [-0.2, 0) is 4.79 Å². The number of nitrogens with one attached hydrogen (secondary N) is 1. The van der Waals surface area contributed by atoms with Crippen LogP contribution in [0.1, 0.15) is 19.8 Å². The van der Waals surface area contributed by atoms with Crippen LogP contribution in [0.15, 0.2) is 0 Å². The summed E-state index contributed by atoms with van der Waals surface area (Å²) >= 11 is 0. The zero-order chi connectivity index (χ0) is 8.69. The molecular weight excluding hydrogens is 144 g/mol. The summed E-state index contributed by atoms with van der Waals surface area (Å²) in [6.45, 7) is 2.33. The van der Waals surface area contributed by atoms with Crippen LogP contribution < -0.4 is 11.1 Å². The Morgan fingerprint density at radius 3 is 2.73 bits per heavy atom. The first-order valence-electron chi connectivity index (χ1n) is 3.83. The third-order valence-electron chi connectivity index (χ3n) is 1.54. The van der Waals surface area contributed by atoms with Crippen LogP contribution in [0, 0.1) is 0 Å². The number of amides is 1. The van der Waals surface area contributed by atoms with E-state index in [0.717, 1.165) is 6.42 Å². The van der Waals surface area contributed by atoms with Crippen molar-refractivity contribution < 1.29 is 9.90 Å². The highest BCUT2D eigenvalue weighted by Gasteiger charge is 2.04. The van der Waals surface area contributed by atoms with Crippen molar-refractivity contribution in [3.05, 3.63) is 0 Å². The van der Waals surface area contributed by atoms with E-state index < -0.39 is 0 Å². The number of carbonyl (C=O) groups excluding carboxylic acids is 1. The standard InChI is InChI=1S/C7H16N2O2/c1-2-6(3-4-10)9-5-7(8)11/h6,9-10H,2-5H2,1H3,(H2,8,11). The van der Waals surface area contributed by atoms with Crippen molar-refractivity contribution in [3.8, 4) is 0 Å². The molecule has 66 valence electrons. The Morgan fingerprint density at radius 2 is 2.36 bits per heavy atom. The Hall–Kier alpha value is -0.610. The van der Waals surface area contributed by atoms with Gasteiger partial charge in [0.1, 0.15) is 0 Å². The molecule has 0 rings (SSSR count). The van der Waals surface area contributed by atoms with Crippen LogP contribution in [0.3, 0.4) is 0 Å². The monoisotopic (exact) mass is 160 g/mol. The van der Waals surface area contributed by atoms with Gasteiger partial charge in [-0.25, -0.2) is 0 Å². The van der Waals surface area contributed by atoms with Gasteiger partial charge < -0.3 is 16.2 Å². The summed E-state index contributed by atoms with van der Waals surface area (Å²) in [5, 5.41) is 11.5. The van der Waals surface area contributed by atoms with Crippen LogP contribution in [0.2, 0.25) is 0 Å². The number of aliphatic hydroxyl groups excluding tert-OH is 1. The van der Waals surface area contributed by atoms with Crippen LogP contribution in [-0.4, -0.2) is 30.2 Å². The normalized spacial score (nSPS) is 12.9. The Labute approximate surface area is 66.8 Å². The Kier molecular flexibility index (Phi) is 5.78. The summed E-state index contributed by atoms with van der Waals surface area (Å²) < 4.78 is 0. The molecule has 0 bridgehead atoms. The number of carbonyl (C=O) groups is 1. The first-order chi connectivity index (χ1) is 5.20. The van der Waals surface area contributed by atoms with Crippen molar-refractivity contribution in [1.29, 1.82) is 0 Å². The van der Waals surface area contributed by atoms with Crippen molar-refractivity contribution in [1.82, 2.24) is 5.32 Å². The average Bonchev–Trinajstić information content (AvgIpc) is 1.97. The lowest BCUT2D eigenvalue weighted by molar-refractivity contribution is -0.117.